The van der Waals surface area contributed by atoms with E-state index < -0.39 is 17.6 Å². The largest absolute Gasteiger partial charge is 0.493 e. The van der Waals surface area contributed by atoms with Gasteiger partial charge in [0.1, 0.15) is 0 Å². The summed E-state index contributed by atoms with van der Waals surface area (Å²) >= 11 is 0. The lowest BCUT2D eigenvalue weighted by molar-refractivity contribution is 0.0481. The number of amides is 1. The molecule has 2 aromatic carbocycles. The van der Waals surface area contributed by atoms with Crippen molar-refractivity contribution >= 4 is 6.09 Å². The van der Waals surface area contributed by atoms with Gasteiger partial charge >= 0.3 is 6.09 Å². The van der Waals surface area contributed by atoms with Gasteiger partial charge in [0.25, 0.3) is 0 Å². The van der Waals surface area contributed by atoms with Crippen LogP contribution in [0.2, 0.25) is 0 Å². The van der Waals surface area contributed by atoms with E-state index in [-0.39, 0.29) is 5.92 Å². The maximum absolute atomic E-state index is 11.5. The van der Waals surface area contributed by atoms with Gasteiger partial charge in [-0.2, -0.15) is 0 Å². The van der Waals surface area contributed by atoms with Gasteiger partial charge in [0, 0.05) is 30.8 Å². The molecule has 0 unspecified atom stereocenters. The van der Waals surface area contributed by atoms with Crippen LogP contribution in [-0.2, 0) is 6.42 Å². The van der Waals surface area contributed by atoms with Crippen LogP contribution in [0.25, 0.3) is 0 Å². The molecule has 1 saturated heterocycles. The quantitative estimate of drug-likeness (QED) is 0.741. The first-order valence-corrected chi connectivity index (χ1v) is 9.85. The van der Waals surface area contributed by atoms with Gasteiger partial charge in [-0.05, 0) is 30.2 Å². The number of rotatable bonds is 7. The van der Waals surface area contributed by atoms with Gasteiger partial charge in [0.2, 0.25) is 0 Å². The smallest absolute Gasteiger partial charge is 0.407 e. The van der Waals surface area contributed by atoms with E-state index in [2.05, 4.69) is 12.1 Å². The Morgan fingerprint density at radius 3 is 2.59 bits per heavy atom. The van der Waals surface area contributed by atoms with Crippen molar-refractivity contribution in [2.75, 3.05) is 26.8 Å². The third-order valence-electron chi connectivity index (χ3n) is 6.04. The Kier molecular flexibility index (Phi) is 6.33. The van der Waals surface area contributed by atoms with E-state index in [1.807, 2.05) is 43.3 Å². The van der Waals surface area contributed by atoms with Crippen molar-refractivity contribution in [2.24, 2.45) is 5.41 Å². The molecule has 0 radical (unpaired) electrons. The number of nitrogens with zero attached hydrogens (tertiary/aromatic N) is 1. The monoisotopic (exact) mass is 399 g/mol. The molecule has 29 heavy (non-hydrogen) atoms. The van der Waals surface area contributed by atoms with Crippen LogP contribution in [0.1, 0.15) is 30.9 Å². The second kappa shape index (κ2) is 8.74. The summed E-state index contributed by atoms with van der Waals surface area (Å²) in [6, 6.07) is 15.8. The van der Waals surface area contributed by atoms with E-state index in [0.29, 0.717) is 31.2 Å². The summed E-state index contributed by atoms with van der Waals surface area (Å²) in [4.78, 5) is 12.9. The van der Waals surface area contributed by atoms with Crippen LogP contribution in [0.4, 0.5) is 4.79 Å². The Bertz CT molecular complexity index is 838. The van der Waals surface area contributed by atoms with Crippen molar-refractivity contribution in [1.82, 2.24) is 4.90 Å². The van der Waals surface area contributed by atoms with Gasteiger partial charge in [-0.1, -0.05) is 43.3 Å². The highest BCUT2D eigenvalue weighted by Gasteiger charge is 2.48. The molecule has 3 atom stereocenters. The predicted octanol–water partition coefficient (Wildman–Crippen LogP) is 3.78. The van der Waals surface area contributed by atoms with E-state index >= 15 is 0 Å². The van der Waals surface area contributed by atoms with Crippen LogP contribution in [0.3, 0.4) is 0 Å². The SMILES string of the molecule is COc1ccc([C@@H]2CN(C(=O)O)C[C@@]2(C)[C@H](C)O)cc1OCCc1ccccc1. The molecule has 1 amide bonds. The number of carbonyl (C=O) groups is 1. The minimum absolute atomic E-state index is 0.138. The van der Waals surface area contributed by atoms with Crippen LogP contribution in [-0.4, -0.2) is 54.1 Å². The molecule has 1 aliphatic rings. The van der Waals surface area contributed by atoms with Gasteiger partial charge in [-0.25, -0.2) is 4.79 Å². The fourth-order valence-corrected chi connectivity index (χ4v) is 4.02. The zero-order valence-corrected chi connectivity index (χ0v) is 17.2. The number of methoxy groups -OCH3 is 1. The molecule has 1 aliphatic heterocycles. The highest BCUT2D eigenvalue weighted by atomic mass is 16.5. The lowest BCUT2D eigenvalue weighted by atomic mass is 9.72. The number of ether oxygens (including phenoxy) is 2. The molecule has 0 bridgehead atoms. The Morgan fingerprint density at radius 2 is 1.97 bits per heavy atom. The zero-order chi connectivity index (χ0) is 21.0. The van der Waals surface area contributed by atoms with E-state index in [1.54, 1.807) is 14.0 Å². The minimum atomic E-state index is -0.966. The highest BCUT2D eigenvalue weighted by molar-refractivity contribution is 5.66. The molecule has 0 saturated carbocycles. The molecule has 6 nitrogen and oxygen atoms in total. The molecule has 1 fully saturated rings. The lowest BCUT2D eigenvalue weighted by Crippen LogP contribution is -2.37. The van der Waals surface area contributed by atoms with Crippen LogP contribution < -0.4 is 9.47 Å². The van der Waals surface area contributed by atoms with Crippen LogP contribution >= 0.6 is 0 Å². The number of hydrogen-bond acceptors (Lipinski definition) is 4. The maximum atomic E-state index is 11.5. The first kappa shape index (κ1) is 21.0. The van der Waals surface area contributed by atoms with Crippen molar-refractivity contribution < 1.29 is 24.5 Å². The minimum Gasteiger partial charge on any atom is -0.493 e. The van der Waals surface area contributed by atoms with Gasteiger partial charge < -0.3 is 24.6 Å². The summed E-state index contributed by atoms with van der Waals surface area (Å²) in [5, 5.41) is 19.9. The Hall–Kier alpha value is -2.73. The number of benzene rings is 2. The third-order valence-corrected chi connectivity index (χ3v) is 6.04. The summed E-state index contributed by atoms with van der Waals surface area (Å²) in [7, 11) is 1.60. The molecular weight excluding hydrogens is 370 g/mol. The summed E-state index contributed by atoms with van der Waals surface area (Å²) in [6.07, 6.45) is -0.843. The molecule has 1 heterocycles. The number of hydrogen-bond donors (Lipinski definition) is 2. The first-order chi connectivity index (χ1) is 13.8. The second-order valence-electron chi connectivity index (χ2n) is 7.89. The second-order valence-corrected chi connectivity index (χ2v) is 7.89. The van der Waals surface area contributed by atoms with Crippen molar-refractivity contribution in [1.29, 1.82) is 0 Å². The predicted molar refractivity (Wildman–Crippen MR) is 111 cm³/mol. The molecule has 0 spiro atoms. The topological polar surface area (TPSA) is 79.2 Å². The van der Waals surface area contributed by atoms with Crippen LogP contribution in [0, 0.1) is 5.41 Å². The molecule has 2 N–H and O–H groups in total. The molecule has 0 aromatic heterocycles. The lowest BCUT2D eigenvalue weighted by Gasteiger charge is -2.33. The maximum Gasteiger partial charge on any atom is 0.407 e. The van der Waals surface area contributed by atoms with E-state index in [4.69, 9.17) is 9.47 Å². The van der Waals surface area contributed by atoms with Crippen molar-refractivity contribution in [3.05, 3.63) is 59.7 Å². The average Bonchev–Trinajstić information content (AvgIpc) is 3.08. The third kappa shape index (κ3) is 4.48. The summed E-state index contributed by atoms with van der Waals surface area (Å²) in [5.41, 5.74) is 1.55. The molecular formula is C23H29NO5. The Morgan fingerprint density at radius 1 is 1.24 bits per heavy atom. The van der Waals surface area contributed by atoms with E-state index in [1.165, 1.54) is 10.5 Å². The summed E-state index contributed by atoms with van der Waals surface area (Å²) in [5.74, 6) is 1.12. The summed E-state index contributed by atoms with van der Waals surface area (Å²) in [6.45, 7) is 4.79. The average molecular weight is 399 g/mol. The Labute approximate surface area is 171 Å². The Balaban J connectivity index is 1.82. The summed E-state index contributed by atoms with van der Waals surface area (Å²) < 4.78 is 11.5. The fraction of sp³-hybridized carbons (Fsp3) is 0.435. The van der Waals surface area contributed by atoms with Gasteiger partial charge in [-0.3, -0.25) is 0 Å². The first-order valence-electron chi connectivity index (χ1n) is 9.85. The highest BCUT2D eigenvalue weighted by Crippen LogP contribution is 2.46. The molecule has 2 aromatic rings. The van der Waals surface area contributed by atoms with Crippen molar-refractivity contribution in [3.8, 4) is 11.5 Å². The van der Waals surface area contributed by atoms with Gasteiger partial charge in [-0.15, -0.1) is 0 Å². The normalized spacial score (nSPS) is 22.3. The van der Waals surface area contributed by atoms with E-state index in [9.17, 15) is 15.0 Å². The molecule has 0 aliphatic carbocycles. The van der Waals surface area contributed by atoms with Crippen molar-refractivity contribution in [2.45, 2.75) is 32.3 Å². The van der Waals surface area contributed by atoms with Crippen molar-refractivity contribution in [3.63, 3.8) is 0 Å². The number of aliphatic hydroxyl groups excluding tert-OH is 1. The fourth-order valence-electron chi connectivity index (χ4n) is 4.02. The van der Waals surface area contributed by atoms with Crippen LogP contribution in [0.5, 0.6) is 11.5 Å². The zero-order valence-electron chi connectivity index (χ0n) is 17.2. The molecule has 3 rings (SSSR count). The van der Waals surface area contributed by atoms with Crippen LogP contribution in [0.15, 0.2) is 48.5 Å². The van der Waals surface area contributed by atoms with Gasteiger partial charge in [0.05, 0.1) is 19.8 Å². The van der Waals surface area contributed by atoms with E-state index in [0.717, 1.165) is 12.0 Å². The standard InChI is InChI=1S/C23H29NO5/c1-16(25)23(2)15-24(22(26)27)14-19(23)18-9-10-20(28-3)21(13-18)29-12-11-17-7-5-4-6-8-17/h4-10,13,16,19,25H,11-12,14-15H2,1-3H3,(H,26,27)/t16-,19-,23-/m0/s1. The number of carboxylic acid groups (broad SMARTS) is 1. The molecule has 156 valence electrons. The van der Waals surface area contributed by atoms with Gasteiger partial charge in [0.15, 0.2) is 11.5 Å². The number of likely N-dealkylation sites (tertiary alicyclic amines) is 1. The molecule has 6 heteroatoms. The number of aliphatic hydroxyl groups is 1.